The summed E-state index contributed by atoms with van der Waals surface area (Å²) in [5.41, 5.74) is -0.269. The molecule has 0 bridgehead atoms. The first-order valence-electron chi connectivity index (χ1n) is 5.86. The van der Waals surface area contributed by atoms with Gasteiger partial charge in [0.25, 0.3) is 0 Å². The first-order chi connectivity index (χ1) is 10.6. The van der Waals surface area contributed by atoms with E-state index in [1.54, 1.807) is 0 Å². The third-order valence-corrected chi connectivity index (χ3v) is 2.71. The van der Waals surface area contributed by atoms with Gasteiger partial charge in [0.15, 0.2) is 0 Å². The van der Waals surface area contributed by atoms with Gasteiger partial charge in [0.2, 0.25) is 0 Å². The molecular formula is C13H11BrF3NO5. The minimum Gasteiger partial charge on any atom is -0.466 e. The van der Waals surface area contributed by atoms with Gasteiger partial charge in [0, 0.05) is 16.2 Å². The molecule has 126 valence electrons. The predicted molar refractivity (Wildman–Crippen MR) is 76.6 cm³/mol. The van der Waals surface area contributed by atoms with Crippen molar-refractivity contribution in [2.75, 3.05) is 19.5 Å². The average molecular weight is 398 g/mol. The molecule has 0 aromatic heterocycles. The van der Waals surface area contributed by atoms with Gasteiger partial charge in [-0.15, -0.1) is 13.2 Å². The fourth-order valence-corrected chi connectivity index (χ4v) is 1.89. The number of benzene rings is 1. The Kier molecular flexibility index (Phi) is 6.43. The van der Waals surface area contributed by atoms with Crippen LogP contribution in [0.5, 0.6) is 5.75 Å². The van der Waals surface area contributed by atoms with Gasteiger partial charge in [0.05, 0.1) is 20.3 Å². The van der Waals surface area contributed by atoms with Crippen LogP contribution in [-0.4, -0.2) is 32.5 Å². The largest absolute Gasteiger partial charge is 0.573 e. The summed E-state index contributed by atoms with van der Waals surface area (Å²) in [6.45, 7) is 0. The number of alkyl halides is 3. The molecule has 1 aromatic carbocycles. The van der Waals surface area contributed by atoms with Crippen molar-refractivity contribution in [1.29, 1.82) is 0 Å². The number of carbonyl (C=O) groups is 2. The number of methoxy groups -OCH3 is 2. The van der Waals surface area contributed by atoms with Crippen LogP contribution in [0.15, 0.2) is 34.4 Å². The van der Waals surface area contributed by atoms with Gasteiger partial charge in [0.1, 0.15) is 11.4 Å². The van der Waals surface area contributed by atoms with Crippen LogP contribution in [0.25, 0.3) is 0 Å². The Morgan fingerprint density at radius 1 is 1.17 bits per heavy atom. The van der Waals surface area contributed by atoms with E-state index in [0.29, 0.717) is 0 Å². The monoisotopic (exact) mass is 397 g/mol. The van der Waals surface area contributed by atoms with Crippen LogP contribution in [-0.2, 0) is 19.1 Å². The lowest BCUT2D eigenvalue weighted by atomic mass is 10.2. The summed E-state index contributed by atoms with van der Waals surface area (Å²) in [5.74, 6) is -2.27. The number of halogens is 4. The minimum atomic E-state index is -4.87. The molecule has 0 unspecified atom stereocenters. The maximum absolute atomic E-state index is 12.3. The third kappa shape index (κ3) is 6.59. The van der Waals surface area contributed by atoms with E-state index >= 15 is 0 Å². The lowest BCUT2D eigenvalue weighted by molar-refractivity contribution is -0.274. The molecule has 10 heteroatoms. The van der Waals surface area contributed by atoms with Crippen LogP contribution < -0.4 is 10.1 Å². The maximum atomic E-state index is 12.3. The average Bonchev–Trinajstić information content (AvgIpc) is 2.42. The second-order valence-electron chi connectivity index (χ2n) is 3.92. The lowest BCUT2D eigenvalue weighted by Crippen LogP contribution is -2.18. The number of esters is 2. The number of rotatable bonds is 5. The van der Waals surface area contributed by atoms with Crippen molar-refractivity contribution >= 4 is 33.6 Å². The molecule has 0 aliphatic rings. The SMILES string of the molecule is COC(=O)/C=C(/Nc1cc(Br)cc(OC(F)(F)F)c1)C(=O)OC. The molecule has 0 saturated heterocycles. The highest BCUT2D eigenvalue weighted by molar-refractivity contribution is 9.10. The second-order valence-corrected chi connectivity index (χ2v) is 4.84. The van der Waals surface area contributed by atoms with E-state index in [1.165, 1.54) is 6.07 Å². The Morgan fingerprint density at radius 3 is 2.35 bits per heavy atom. The topological polar surface area (TPSA) is 73.9 Å². The van der Waals surface area contributed by atoms with Crippen molar-refractivity contribution in [3.63, 3.8) is 0 Å². The Hall–Kier alpha value is -2.23. The van der Waals surface area contributed by atoms with Crippen LogP contribution in [0.3, 0.4) is 0 Å². The van der Waals surface area contributed by atoms with Gasteiger partial charge in [-0.3, -0.25) is 0 Å². The summed E-state index contributed by atoms with van der Waals surface area (Å²) in [4.78, 5) is 22.8. The van der Waals surface area contributed by atoms with Crippen molar-refractivity contribution in [3.05, 3.63) is 34.4 Å². The molecular weight excluding hydrogens is 387 g/mol. The first kappa shape index (κ1) is 18.8. The van der Waals surface area contributed by atoms with Crippen LogP contribution in [0.2, 0.25) is 0 Å². The normalized spacial score (nSPS) is 11.7. The van der Waals surface area contributed by atoms with E-state index in [-0.39, 0.29) is 15.9 Å². The highest BCUT2D eigenvalue weighted by Gasteiger charge is 2.31. The van der Waals surface area contributed by atoms with E-state index in [9.17, 15) is 22.8 Å². The standard InChI is InChI=1S/C13H11BrF3NO5/c1-21-11(19)6-10(12(20)22-2)18-8-3-7(14)4-9(5-8)23-13(15,16)17/h3-6,18H,1-2H3/b10-6+. The Balaban J connectivity index is 3.11. The predicted octanol–water partition coefficient (Wildman–Crippen LogP) is 2.99. The molecule has 6 nitrogen and oxygen atoms in total. The molecule has 1 aromatic rings. The van der Waals surface area contributed by atoms with Crippen molar-refractivity contribution in [2.24, 2.45) is 0 Å². The summed E-state index contributed by atoms with van der Waals surface area (Å²) in [6.07, 6.45) is -4.07. The smallest absolute Gasteiger partial charge is 0.466 e. The molecule has 1 N–H and O–H groups in total. The quantitative estimate of drug-likeness (QED) is 0.608. The highest BCUT2D eigenvalue weighted by atomic mass is 79.9. The van der Waals surface area contributed by atoms with Crippen molar-refractivity contribution in [3.8, 4) is 5.75 Å². The summed E-state index contributed by atoms with van der Waals surface area (Å²) >= 11 is 3.01. The van der Waals surface area contributed by atoms with E-state index < -0.39 is 24.1 Å². The molecule has 23 heavy (non-hydrogen) atoms. The van der Waals surface area contributed by atoms with Crippen molar-refractivity contribution < 1.29 is 37.0 Å². The second kappa shape index (κ2) is 7.86. The van der Waals surface area contributed by atoms with Crippen LogP contribution >= 0.6 is 15.9 Å². The van der Waals surface area contributed by atoms with E-state index in [4.69, 9.17) is 0 Å². The fraction of sp³-hybridized carbons (Fsp3) is 0.231. The van der Waals surface area contributed by atoms with E-state index in [2.05, 4.69) is 35.5 Å². The van der Waals surface area contributed by atoms with Gasteiger partial charge in [-0.25, -0.2) is 9.59 Å². The molecule has 0 amide bonds. The van der Waals surface area contributed by atoms with Gasteiger partial charge < -0.3 is 19.5 Å². The van der Waals surface area contributed by atoms with Gasteiger partial charge in [-0.1, -0.05) is 15.9 Å². The number of hydrogen-bond donors (Lipinski definition) is 1. The maximum Gasteiger partial charge on any atom is 0.573 e. The van der Waals surface area contributed by atoms with Crippen LogP contribution in [0.1, 0.15) is 0 Å². The summed E-state index contributed by atoms with van der Waals surface area (Å²) < 4.78 is 49.7. The Labute approximate surface area is 137 Å². The van der Waals surface area contributed by atoms with Crippen molar-refractivity contribution in [2.45, 2.75) is 6.36 Å². The van der Waals surface area contributed by atoms with Gasteiger partial charge in [-0.05, 0) is 12.1 Å². The molecule has 1 rings (SSSR count). The zero-order valence-corrected chi connectivity index (χ0v) is 13.4. The molecule has 0 saturated carbocycles. The third-order valence-electron chi connectivity index (χ3n) is 2.25. The zero-order valence-electron chi connectivity index (χ0n) is 11.9. The number of hydrogen-bond acceptors (Lipinski definition) is 6. The number of nitrogens with one attached hydrogen (secondary N) is 1. The Morgan fingerprint density at radius 2 is 1.83 bits per heavy atom. The van der Waals surface area contributed by atoms with Crippen LogP contribution in [0, 0.1) is 0 Å². The van der Waals surface area contributed by atoms with Gasteiger partial charge in [-0.2, -0.15) is 0 Å². The molecule has 0 spiro atoms. The molecule has 0 heterocycles. The minimum absolute atomic E-state index is 0.0548. The molecule has 0 aliphatic heterocycles. The fourth-order valence-electron chi connectivity index (χ4n) is 1.42. The zero-order chi connectivity index (χ0) is 17.6. The highest BCUT2D eigenvalue weighted by Crippen LogP contribution is 2.29. The molecule has 0 fully saturated rings. The number of carbonyl (C=O) groups excluding carboxylic acids is 2. The van der Waals surface area contributed by atoms with E-state index in [1.807, 2.05) is 0 Å². The Bertz CT molecular complexity index is 631. The number of anilines is 1. The van der Waals surface area contributed by atoms with E-state index in [0.717, 1.165) is 32.4 Å². The van der Waals surface area contributed by atoms with Crippen molar-refractivity contribution in [1.82, 2.24) is 0 Å². The summed E-state index contributed by atoms with van der Waals surface area (Å²) in [5, 5.41) is 2.47. The lowest BCUT2D eigenvalue weighted by Gasteiger charge is -2.13. The first-order valence-corrected chi connectivity index (χ1v) is 6.65. The summed E-state index contributed by atoms with van der Waals surface area (Å²) in [6, 6.07) is 3.45. The molecule has 0 atom stereocenters. The molecule has 0 aliphatic carbocycles. The number of ether oxygens (including phenoxy) is 3. The van der Waals surface area contributed by atoms with Crippen LogP contribution in [0.4, 0.5) is 18.9 Å². The van der Waals surface area contributed by atoms with Gasteiger partial charge >= 0.3 is 18.3 Å². The summed E-state index contributed by atoms with van der Waals surface area (Å²) in [7, 11) is 2.18. The molecule has 0 radical (unpaired) electrons.